The van der Waals surface area contributed by atoms with Gasteiger partial charge in [-0.3, -0.25) is 14.0 Å². The smallest absolute Gasteiger partial charge is 0.271 e. The summed E-state index contributed by atoms with van der Waals surface area (Å²) in [5.74, 6) is 2.71. The first-order valence-corrected chi connectivity index (χ1v) is 11.5. The average molecular weight is 409 g/mol. The van der Waals surface area contributed by atoms with Crippen molar-refractivity contribution in [2.45, 2.75) is 52.4 Å². The fourth-order valence-corrected chi connectivity index (χ4v) is 6.56. The third-order valence-corrected chi connectivity index (χ3v) is 7.42. The van der Waals surface area contributed by atoms with Crippen LogP contribution in [0.3, 0.4) is 0 Å². The normalized spacial score (nSPS) is 29.5. The standard InChI is InChI=1S/C24H32N4O2/c1-15(2)12-25-22(29)19-13-28-20(4-3-5-21(28)27-19)23(30)26-14-24-9-16-6-17(10-24)8-18(7-16)11-24/h3-5,13,15-18H,6-12,14H2,1-2H3,(H,25,29)(H,26,30). The lowest BCUT2D eigenvalue weighted by atomic mass is 9.49. The summed E-state index contributed by atoms with van der Waals surface area (Å²) in [6.07, 6.45) is 9.71. The van der Waals surface area contributed by atoms with Crippen molar-refractivity contribution in [1.82, 2.24) is 20.0 Å². The van der Waals surface area contributed by atoms with Gasteiger partial charge in [-0.05, 0) is 79.7 Å². The highest BCUT2D eigenvalue weighted by atomic mass is 16.2. The minimum absolute atomic E-state index is 0.0807. The summed E-state index contributed by atoms with van der Waals surface area (Å²) in [5, 5.41) is 6.13. The van der Waals surface area contributed by atoms with E-state index in [0.29, 0.717) is 34.9 Å². The Labute approximate surface area is 177 Å². The van der Waals surface area contributed by atoms with Gasteiger partial charge in [0, 0.05) is 19.3 Å². The summed E-state index contributed by atoms with van der Waals surface area (Å²) in [4.78, 5) is 29.9. The van der Waals surface area contributed by atoms with Crippen LogP contribution in [-0.4, -0.2) is 34.3 Å². The molecule has 2 aromatic heterocycles. The Balaban J connectivity index is 1.31. The van der Waals surface area contributed by atoms with Crippen molar-refractivity contribution in [2.24, 2.45) is 29.1 Å². The van der Waals surface area contributed by atoms with E-state index in [9.17, 15) is 9.59 Å². The summed E-state index contributed by atoms with van der Waals surface area (Å²) in [6, 6.07) is 5.46. The average Bonchev–Trinajstić information content (AvgIpc) is 3.13. The highest BCUT2D eigenvalue weighted by Crippen LogP contribution is 2.59. The molecule has 4 bridgehead atoms. The molecule has 2 N–H and O–H groups in total. The van der Waals surface area contributed by atoms with Crippen molar-refractivity contribution in [3.05, 3.63) is 35.8 Å². The summed E-state index contributed by atoms with van der Waals surface area (Å²) < 4.78 is 1.74. The van der Waals surface area contributed by atoms with E-state index in [1.165, 1.54) is 38.5 Å². The molecule has 4 aliphatic carbocycles. The van der Waals surface area contributed by atoms with E-state index in [0.717, 1.165) is 24.3 Å². The van der Waals surface area contributed by atoms with E-state index < -0.39 is 0 Å². The lowest BCUT2D eigenvalue weighted by molar-refractivity contribution is -0.0503. The Kier molecular flexibility index (Phi) is 4.83. The van der Waals surface area contributed by atoms with Gasteiger partial charge in [0.1, 0.15) is 17.0 Å². The van der Waals surface area contributed by atoms with E-state index in [2.05, 4.69) is 29.5 Å². The molecule has 160 valence electrons. The van der Waals surface area contributed by atoms with Crippen LogP contribution < -0.4 is 10.6 Å². The van der Waals surface area contributed by atoms with Gasteiger partial charge in [-0.2, -0.15) is 0 Å². The van der Waals surface area contributed by atoms with Crippen LogP contribution >= 0.6 is 0 Å². The molecule has 0 radical (unpaired) electrons. The molecule has 4 saturated carbocycles. The van der Waals surface area contributed by atoms with Crippen LogP contribution in [0.25, 0.3) is 5.65 Å². The zero-order valence-corrected chi connectivity index (χ0v) is 18.0. The van der Waals surface area contributed by atoms with Crippen LogP contribution in [0, 0.1) is 29.1 Å². The van der Waals surface area contributed by atoms with Crippen molar-refractivity contribution < 1.29 is 9.59 Å². The number of carbonyl (C=O) groups excluding carboxylic acids is 2. The van der Waals surface area contributed by atoms with Crippen LogP contribution in [0.4, 0.5) is 0 Å². The summed E-state index contributed by atoms with van der Waals surface area (Å²) >= 11 is 0. The van der Waals surface area contributed by atoms with Gasteiger partial charge in [0.15, 0.2) is 0 Å². The van der Waals surface area contributed by atoms with E-state index >= 15 is 0 Å². The predicted octanol–water partition coefficient (Wildman–Crippen LogP) is 3.67. The van der Waals surface area contributed by atoms with Crippen molar-refractivity contribution in [1.29, 1.82) is 0 Å². The minimum atomic E-state index is -0.202. The van der Waals surface area contributed by atoms with E-state index in [1.807, 2.05) is 12.1 Å². The molecule has 30 heavy (non-hydrogen) atoms. The molecule has 4 fully saturated rings. The Morgan fingerprint density at radius 1 is 1.07 bits per heavy atom. The number of rotatable bonds is 6. The van der Waals surface area contributed by atoms with Gasteiger partial charge in [-0.25, -0.2) is 4.98 Å². The zero-order chi connectivity index (χ0) is 20.9. The molecule has 6 heteroatoms. The number of aromatic nitrogens is 2. The Morgan fingerprint density at radius 2 is 1.73 bits per heavy atom. The lowest BCUT2D eigenvalue weighted by Gasteiger charge is -2.56. The number of nitrogens with zero attached hydrogens (tertiary/aromatic N) is 2. The van der Waals surface area contributed by atoms with E-state index in [-0.39, 0.29) is 11.8 Å². The van der Waals surface area contributed by atoms with Gasteiger partial charge in [-0.15, -0.1) is 0 Å². The Bertz CT molecular complexity index is 941. The second-order valence-corrected chi connectivity index (χ2v) is 10.5. The maximum Gasteiger partial charge on any atom is 0.271 e. The molecule has 0 atom stereocenters. The summed E-state index contributed by atoms with van der Waals surface area (Å²) in [6.45, 7) is 5.47. The first-order chi connectivity index (χ1) is 14.4. The number of amides is 2. The number of imidazole rings is 1. The number of carbonyl (C=O) groups is 2. The number of hydrogen-bond donors (Lipinski definition) is 2. The zero-order valence-electron chi connectivity index (χ0n) is 18.0. The van der Waals surface area contributed by atoms with Crippen molar-refractivity contribution in [2.75, 3.05) is 13.1 Å². The quantitative estimate of drug-likeness (QED) is 0.766. The van der Waals surface area contributed by atoms with E-state index in [1.54, 1.807) is 16.7 Å². The highest BCUT2D eigenvalue weighted by molar-refractivity contribution is 5.95. The van der Waals surface area contributed by atoms with E-state index in [4.69, 9.17) is 0 Å². The van der Waals surface area contributed by atoms with Crippen molar-refractivity contribution in [3.8, 4) is 0 Å². The molecular weight excluding hydrogens is 376 g/mol. The third-order valence-electron chi connectivity index (χ3n) is 7.42. The number of hydrogen-bond acceptors (Lipinski definition) is 3. The fraction of sp³-hybridized carbons (Fsp3) is 0.625. The highest BCUT2D eigenvalue weighted by Gasteiger charge is 2.50. The van der Waals surface area contributed by atoms with Crippen LogP contribution in [0.15, 0.2) is 24.4 Å². The van der Waals surface area contributed by atoms with Crippen LogP contribution in [0.2, 0.25) is 0 Å². The molecule has 0 aromatic carbocycles. The minimum Gasteiger partial charge on any atom is -0.350 e. The van der Waals surface area contributed by atoms with Crippen molar-refractivity contribution >= 4 is 17.5 Å². The topological polar surface area (TPSA) is 75.5 Å². The summed E-state index contributed by atoms with van der Waals surface area (Å²) in [7, 11) is 0. The molecular formula is C24H32N4O2. The third kappa shape index (κ3) is 3.61. The SMILES string of the molecule is CC(C)CNC(=O)c1cn2c(C(=O)NCC34CC5CC(CC(C5)C3)C4)cccc2n1. The molecule has 2 amide bonds. The van der Waals surface area contributed by atoms with Gasteiger partial charge < -0.3 is 10.6 Å². The molecule has 0 saturated heterocycles. The van der Waals surface area contributed by atoms with Crippen LogP contribution in [0.1, 0.15) is 73.3 Å². The first-order valence-electron chi connectivity index (χ1n) is 11.5. The van der Waals surface area contributed by atoms with Gasteiger partial charge in [0.05, 0.1) is 0 Å². The lowest BCUT2D eigenvalue weighted by Crippen LogP contribution is -2.51. The molecule has 0 aliphatic heterocycles. The molecule has 0 unspecified atom stereocenters. The first kappa shape index (κ1) is 19.6. The second-order valence-electron chi connectivity index (χ2n) is 10.5. The van der Waals surface area contributed by atoms with Gasteiger partial charge in [0.25, 0.3) is 11.8 Å². The Hall–Kier alpha value is -2.37. The molecule has 6 nitrogen and oxygen atoms in total. The van der Waals surface area contributed by atoms with Gasteiger partial charge >= 0.3 is 0 Å². The molecule has 2 heterocycles. The van der Waals surface area contributed by atoms with Crippen molar-refractivity contribution in [3.63, 3.8) is 0 Å². The predicted molar refractivity (Wildman–Crippen MR) is 115 cm³/mol. The Morgan fingerprint density at radius 3 is 2.37 bits per heavy atom. The van der Waals surface area contributed by atoms with Crippen LogP contribution in [0.5, 0.6) is 0 Å². The number of nitrogens with one attached hydrogen (secondary N) is 2. The largest absolute Gasteiger partial charge is 0.350 e. The maximum atomic E-state index is 13.1. The number of fused-ring (bicyclic) bond motifs is 1. The van der Waals surface area contributed by atoms with Crippen LogP contribution in [-0.2, 0) is 0 Å². The van der Waals surface area contributed by atoms with Gasteiger partial charge in [-0.1, -0.05) is 19.9 Å². The monoisotopic (exact) mass is 408 g/mol. The fourth-order valence-electron chi connectivity index (χ4n) is 6.56. The summed E-state index contributed by atoms with van der Waals surface area (Å²) in [5.41, 5.74) is 1.80. The molecule has 2 aromatic rings. The van der Waals surface area contributed by atoms with Gasteiger partial charge in [0.2, 0.25) is 0 Å². The maximum absolute atomic E-state index is 13.1. The molecule has 6 rings (SSSR count). The second kappa shape index (κ2) is 7.40. The number of pyridine rings is 1. The molecule has 0 spiro atoms. The molecule has 4 aliphatic rings.